The van der Waals surface area contributed by atoms with Crippen LogP contribution in [0, 0.1) is 13.8 Å². The Morgan fingerprint density at radius 3 is 2.48 bits per heavy atom. The van der Waals surface area contributed by atoms with Crippen LogP contribution in [-0.2, 0) is 16.1 Å². The molecule has 208 valence electrons. The number of anilines is 2. The van der Waals surface area contributed by atoms with Gasteiger partial charge in [-0.3, -0.25) is 14.5 Å². The molecule has 0 spiro atoms. The molecule has 0 bridgehead atoms. The lowest BCUT2D eigenvalue weighted by Gasteiger charge is -2.33. The number of carbonyl (C=O) groups is 2. The van der Waals surface area contributed by atoms with Crippen LogP contribution in [0.5, 0.6) is 0 Å². The Labute approximate surface area is 238 Å². The van der Waals surface area contributed by atoms with Gasteiger partial charge in [-0.1, -0.05) is 43.2 Å². The zero-order valence-electron chi connectivity index (χ0n) is 23.4. The molecule has 2 aromatic heterocycles. The van der Waals surface area contributed by atoms with E-state index in [1.807, 2.05) is 92.8 Å². The molecule has 0 radical (unpaired) electrons. The van der Waals surface area contributed by atoms with E-state index in [0.717, 1.165) is 52.9 Å². The van der Waals surface area contributed by atoms with Gasteiger partial charge in [0.2, 0.25) is 11.7 Å². The summed E-state index contributed by atoms with van der Waals surface area (Å²) in [7, 11) is 3.95. The zero-order chi connectivity index (χ0) is 28.2. The van der Waals surface area contributed by atoms with Gasteiger partial charge in [-0.25, -0.2) is 0 Å². The first-order valence-corrected chi connectivity index (χ1v) is 14.5. The summed E-state index contributed by atoms with van der Waals surface area (Å²) in [6.45, 7) is 3.83. The van der Waals surface area contributed by atoms with Crippen LogP contribution in [0.2, 0.25) is 0 Å². The monoisotopic (exact) mass is 557 g/mol. The molecule has 10 heteroatoms. The van der Waals surface area contributed by atoms with Crippen LogP contribution >= 0.6 is 11.3 Å². The summed E-state index contributed by atoms with van der Waals surface area (Å²) in [5, 5.41) is 17.9. The molecule has 1 aliphatic carbocycles. The highest BCUT2D eigenvalue weighted by Crippen LogP contribution is 2.33. The number of amides is 2. The number of rotatable bonds is 9. The van der Waals surface area contributed by atoms with Gasteiger partial charge in [0.05, 0.1) is 4.88 Å². The molecule has 1 saturated carbocycles. The van der Waals surface area contributed by atoms with Gasteiger partial charge < -0.3 is 10.2 Å². The van der Waals surface area contributed by atoms with Crippen molar-refractivity contribution in [3.63, 3.8) is 0 Å². The highest BCUT2D eigenvalue weighted by molar-refractivity contribution is 7.13. The summed E-state index contributed by atoms with van der Waals surface area (Å²) in [5.41, 5.74) is 4.40. The number of hydrogen-bond donors (Lipinski definition) is 1. The van der Waals surface area contributed by atoms with Crippen LogP contribution < -0.4 is 15.1 Å². The lowest BCUT2D eigenvalue weighted by atomic mass is 9.99. The van der Waals surface area contributed by atoms with E-state index in [4.69, 9.17) is 0 Å². The predicted molar refractivity (Wildman–Crippen MR) is 158 cm³/mol. The quantitative estimate of drug-likeness (QED) is 0.314. The lowest BCUT2D eigenvalue weighted by molar-refractivity contribution is -0.127. The number of benzene rings is 2. The van der Waals surface area contributed by atoms with Gasteiger partial charge in [-0.15, -0.1) is 21.5 Å². The van der Waals surface area contributed by atoms with E-state index >= 15 is 0 Å². The molecule has 9 nitrogen and oxygen atoms in total. The molecule has 1 aliphatic rings. The fraction of sp³-hybridized carbons (Fsp3) is 0.367. The predicted octanol–water partition coefficient (Wildman–Crippen LogP) is 4.92. The molecule has 2 aromatic carbocycles. The van der Waals surface area contributed by atoms with Crippen molar-refractivity contribution in [2.45, 2.75) is 58.2 Å². The van der Waals surface area contributed by atoms with E-state index in [1.165, 1.54) is 16.1 Å². The van der Waals surface area contributed by atoms with Crippen LogP contribution in [0.1, 0.15) is 48.4 Å². The van der Waals surface area contributed by atoms with Crippen LogP contribution in [0.4, 0.5) is 11.4 Å². The molecule has 1 fully saturated rings. The number of nitrogens with one attached hydrogen (secondary N) is 1. The van der Waals surface area contributed by atoms with E-state index in [-0.39, 0.29) is 24.4 Å². The molecule has 4 aromatic rings. The molecule has 1 N–H and O–H groups in total. The molecular weight excluding hydrogens is 522 g/mol. The van der Waals surface area contributed by atoms with Crippen molar-refractivity contribution < 1.29 is 9.59 Å². The summed E-state index contributed by atoms with van der Waals surface area (Å²) in [4.78, 5) is 34.1. The minimum Gasteiger partial charge on any atom is -0.378 e. The number of nitrogens with zero attached hydrogens (tertiary/aromatic N) is 6. The maximum absolute atomic E-state index is 14.2. The van der Waals surface area contributed by atoms with E-state index in [0.29, 0.717) is 11.5 Å². The van der Waals surface area contributed by atoms with E-state index in [2.05, 4.69) is 20.7 Å². The van der Waals surface area contributed by atoms with Crippen LogP contribution in [-0.4, -0.2) is 52.2 Å². The average Bonchev–Trinajstić information content (AvgIpc) is 3.72. The lowest BCUT2D eigenvalue weighted by Crippen LogP contribution is -2.47. The van der Waals surface area contributed by atoms with Crippen LogP contribution in [0.25, 0.3) is 10.7 Å². The molecule has 0 saturated heterocycles. The van der Waals surface area contributed by atoms with E-state index < -0.39 is 6.04 Å². The van der Waals surface area contributed by atoms with Gasteiger partial charge in [-0.2, -0.15) is 4.80 Å². The SMILES string of the molecule is Cc1cccc(N(C(=O)Cn2nnc(-c3cccs3)n2)[C@@H](C(=O)NC2CCCC2)c2ccc(N(C)C)cc2)c1C. The van der Waals surface area contributed by atoms with Crippen molar-refractivity contribution >= 4 is 34.5 Å². The van der Waals surface area contributed by atoms with Gasteiger partial charge in [0, 0.05) is 31.5 Å². The molecule has 2 heterocycles. The smallest absolute Gasteiger partial charge is 0.251 e. The Balaban J connectivity index is 1.56. The molecule has 40 heavy (non-hydrogen) atoms. The molecule has 1 atom stereocenters. The number of tetrazole rings is 1. The second-order valence-electron chi connectivity index (χ2n) is 10.5. The Morgan fingerprint density at radius 2 is 1.80 bits per heavy atom. The van der Waals surface area contributed by atoms with Crippen molar-refractivity contribution in [1.29, 1.82) is 0 Å². The standard InChI is InChI=1S/C30H35N7O2S/c1-20-9-7-12-25(21(20)2)37(27(38)19-36-33-29(32-34-36)26-13-8-18-40-26)28(30(39)31-23-10-5-6-11-23)22-14-16-24(17-15-22)35(3)4/h7-9,12-18,23,28H,5-6,10-11,19H2,1-4H3,(H,31,39)/t28-/m1/s1. The van der Waals surface area contributed by atoms with Crippen molar-refractivity contribution in [1.82, 2.24) is 25.5 Å². The maximum Gasteiger partial charge on any atom is 0.251 e. The van der Waals surface area contributed by atoms with Crippen molar-refractivity contribution in [3.05, 3.63) is 76.7 Å². The van der Waals surface area contributed by atoms with Gasteiger partial charge >= 0.3 is 0 Å². The third kappa shape index (κ3) is 5.91. The Morgan fingerprint density at radius 1 is 1.05 bits per heavy atom. The van der Waals surface area contributed by atoms with Gasteiger partial charge in [0.15, 0.2) is 0 Å². The second-order valence-corrected chi connectivity index (χ2v) is 11.4. The third-order valence-corrected chi connectivity index (χ3v) is 8.37. The summed E-state index contributed by atoms with van der Waals surface area (Å²) < 4.78 is 0. The molecular formula is C30H35N7O2S. The first kappa shape index (κ1) is 27.5. The fourth-order valence-corrected chi connectivity index (χ4v) is 5.80. The number of thiophene rings is 1. The molecule has 5 rings (SSSR count). The van der Waals surface area contributed by atoms with Crippen molar-refractivity contribution in [3.8, 4) is 10.7 Å². The van der Waals surface area contributed by atoms with Crippen molar-refractivity contribution in [2.24, 2.45) is 0 Å². The summed E-state index contributed by atoms with van der Waals surface area (Å²) in [5.74, 6) is -0.0208. The minimum absolute atomic E-state index is 0.108. The normalized spacial score (nSPS) is 14.2. The first-order valence-electron chi connectivity index (χ1n) is 13.6. The highest BCUT2D eigenvalue weighted by atomic mass is 32.1. The number of carbonyl (C=O) groups excluding carboxylic acids is 2. The molecule has 2 amide bonds. The zero-order valence-corrected chi connectivity index (χ0v) is 24.2. The first-order chi connectivity index (χ1) is 19.3. The Hall–Kier alpha value is -4.05. The van der Waals surface area contributed by atoms with E-state index in [1.54, 1.807) is 4.90 Å². The van der Waals surface area contributed by atoms with Gasteiger partial charge in [0.25, 0.3) is 5.91 Å². The van der Waals surface area contributed by atoms with Crippen LogP contribution in [0.3, 0.4) is 0 Å². The van der Waals surface area contributed by atoms with Gasteiger partial charge in [0.1, 0.15) is 12.6 Å². The fourth-order valence-electron chi connectivity index (χ4n) is 5.15. The average molecular weight is 558 g/mol. The summed E-state index contributed by atoms with van der Waals surface area (Å²) in [6, 6.07) is 16.7. The number of aromatic nitrogens is 4. The Bertz CT molecular complexity index is 1460. The highest BCUT2D eigenvalue weighted by Gasteiger charge is 2.35. The Kier molecular flexibility index (Phi) is 8.25. The number of aryl methyl sites for hydroxylation is 1. The topological polar surface area (TPSA) is 96.2 Å². The minimum atomic E-state index is -0.870. The van der Waals surface area contributed by atoms with Crippen molar-refractivity contribution in [2.75, 3.05) is 23.9 Å². The molecule has 0 unspecified atom stereocenters. The van der Waals surface area contributed by atoms with Crippen LogP contribution in [0.15, 0.2) is 60.0 Å². The maximum atomic E-state index is 14.2. The summed E-state index contributed by atoms with van der Waals surface area (Å²) >= 11 is 1.51. The molecule has 0 aliphatic heterocycles. The largest absolute Gasteiger partial charge is 0.378 e. The summed E-state index contributed by atoms with van der Waals surface area (Å²) in [6.07, 6.45) is 4.09. The van der Waals surface area contributed by atoms with E-state index in [9.17, 15) is 9.59 Å². The van der Waals surface area contributed by atoms with Gasteiger partial charge in [-0.05, 0) is 78.2 Å². The number of hydrogen-bond acceptors (Lipinski definition) is 7. The second kappa shape index (κ2) is 12.0. The third-order valence-electron chi connectivity index (χ3n) is 7.51.